The number of aliphatic hydroxyl groups is 1. The van der Waals surface area contributed by atoms with E-state index in [4.69, 9.17) is 11.6 Å². The number of alkyl halides is 1. The van der Waals surface area contributed by atoms with Gasteiger partial charge in [-0.05, 0) is 54.3 Å². The topological polar surface area (TPSA) is 20.2 Å². The molecule has 6 aliphatic rings. The minimum absolute atomic E-state index is 0.141. The molecule has 0 spiro atoms. The summed E-state index contributed by atoms with van der Waals surface area (Å²) in [6, 6.07) is 0. The minimum Gasteiger partial charge on any atom is -0.391 e. The monoisotopic (exact) mass is 196 g/mol. The second-order valence-corrected chi connectivity index (χ2v) is 6.68. The molecule has 0 amide bonds. The first-order valence-corrected chi connectivity index (χ1v) is 5.99. The van der Waals surface area contributed by atoms with Gasteiger partial charge in [-0.3, -0.25) is 0 Å². The van der Waals surface area contributed by atoms with Crippen molar-refractivity contribution >= 4 is 11.6 Å². The number of hydrogen-bond donors (Lipinski definition) is 1. The summed E-state index contributed by atoms with van der Waals surface area (Å²) in [6.45, 7) is 0. The SMILES string of the molecule is O[C@@H]1[C@H]2[C@H]3C[C@H]4[C@H]5C[C@@H]([C@@H]42)[C@@]1(Cl)[C@@H]53. The van der Waals surface area contributed by atoms with Gasteiger partial charge in [-0.15, -0.1) is 11.6 Å². The van der Waals surface area contributed by atoms with Crippen LogP contribution < -0.4 is 0 Å². The van der Waals surface area contributed by atoms with Crippen molar-refractivity contribution in [1.82, 2.24) is 0 Å². The molecular formula is C11H13ClO. The molecule has 6 saturated carbocycles. The number of aliphatic hydroxyl groups excluding tert-OH is 1. The van der Waals surface area contributed by atoms with Gasteiger partial charge in [0.2, 0.25) is 0 Å². The van der Waals surface area contributed by atoms with E-state index in [1.807, 2.05) is 0 Å². The molecule has 6 aliphatic carbocycles. The summed E-state index contributed by atoms with van der Waals surface area (Å²) in [6.07, 6.45) is 2.62. The molecule has 0 saturated heterocycles. The van der Waals surface area contributed by atoms with Gasteiger partial charge in [0.25, 0.3) is 0 Å². The molecule has 0 heterocycles. The third-order valence-electron chi connectivity index (χ3n) is 6.34. The Morgan fingerprint density at radius 2 is 1.92 bits per heavy atom. The summed E-state index contributed by atoms with van der Waals surface area (Å²) < 4.78 is 0. The van der Waals surface area contributed by atoms with E-state index < -0.39 is 0 Å². The van der Waals surface area contributed by atoms with Crippen LogP contribution in [0, 0.1) is 41.4 Å². The van der Waals surface area contributed by atoms with Crippen molar-refractivity contribution in [1.29, 1.82) is 0 Å². The molecule has 0 aliphatic heterocycles. The molecule has 0 aromatic carbocycles. The first kappa shape index (κ1) is 6.68. The number of hydrogen-bond acceptors (Lipinski definition) is 1. The van der Waals surface area contributed by atoms with Crippen LogP contribution in [0.1, 0.15) is 12.8 Å². The molecule has 13 heavy (non-hydrogen) atoms. The van der Waals surface area contributed by atoms with Gasteiger partial charge >= 0.3 is 0 Å². The lowest BCUT2D eigenvalue weighted by atomic mass is 9.71. The van der Waals surface area contributed by atoms with Gasteiger partial charge in [-0.25, -0.2) is 0 Å². The summed E-state index contributed by atoms with van der Waals surface area (Å²) in [5, 5.41) is 10.2. The highest BCUT2D eigenvalue weighted by molar-refractivity contribution is 6.26. The molecule has 0 radical (unpaired) electrons. The first-order valence-electron chi connectivity index (χ1n) is 5.61. The molecule has 6 bridgehead atoms. The van der Waals surface area contributed by atoms with Crippen molar-refractivity contribution in [3.63, 3.8) is 0 Å². The molecule has 70 valence electrons. The lowest BCUT2D eigenvalue weighted by Gasteiger charge is -2.38. The highest BCUT2D eigenvalue weighted by Crippen LogP contribution is 2.85. The average Bonchev–Trinajstić information content (AvgIpc) is 2.73. The van der Waals surface area contributed by atoms with Crippen molar-refractivity contribution in [3.8, 4) is 0 Å². The van der Waals surface area contributed by atoms with E-state index in [1.165, 1.54) is 12.8 Å². The third-order valence-corrected chi connectivity index (χ3v) is 7.09. The minimum atomic E-state index is -0.142. The Labute approximate surface area is 82.5 Å². The van der Waals surface area contributed by atoms with Crippen LogP contribution in [-0.2, 0) is 0 Å². The Morgan fingerprint density at radius 1 is 1.08 bits per heavy atom. The highest BCUT2D eigenvalue weighted by Gasteiger charge is 2.86. The maximum atomic E-state index is 10.2. The van der Waals surface area contributed by atoms with Gasteiger partial charge in [0.15, 0.2) is 0 Å². The van der Waals surface area contributed by atoms with Gasteiger partial charge in [-0.2, -0.15) is 0 Å². The summed E-state index contributed by atoms with van der Waals surface area (Å²) in [4.78, 5) is -0.141. The molecule has 6 rings (SSSR count). The zero-order valence-corrected chi connectivity index (χ0v) is 8.11. The Kier molecular flexibility index (Phi) is 0.766. The fourth-order valence-electron chi connectivity index (χ4n) is 6.50. The van der Waals surface area contributed by atoms with Crippen LogP contribution in [0.4, 0.5) is 0 Å². The summed E-state index contributed by atoms with van der Waals surface area (Å²) in [7, 11) is 0. The largest absolute Gasteiger partial charge is 0.391 e. The summed E-state index contributed by atoms with van der Waals surface area (Å²) in [5.41, 5.74) is 0. The van der Waals surface area contributed by atoms with Crippen LogP contribution in [-0.4, -0.2) is 16.1 Å². The molecule has 0 aromatic heterocycles. The summed E-state index contributed by atoms with van der Waals surface area (Å²) in [5.74, 6) is 5.61. The van der Waals surface area contributed by atoms with Crippen molar-refractivity contribution < 1.29 is 5.11 Å². The predicted octanol–water partition coefficient (Wildman–Crippen LogP) is 1.49. The smallest absolute Gasteiger partial charge is 0.0772 e. The van der Waals surface area contributed by atoms with E-state index in [0.29, 0.717) is 17.8 Å². The van der Waals surface area contributed by atoms with Crippen LogP contribution >= 0.6 is 11.6 Å². The number of rotatable bonds is 0. The summed E-state index contributed by atoms with van der Waals surface area (Å²) >= 11 is 6.71. The zero-order chi connectivity index (χ0) is 8.53. The van der Waals surface area contributed by atoms with E-state index in [1.54, 1.807) is 0 Å². The van der Waals surface area contributed by atoms with E-state index in [9.17, 15) is 5.11 Å². The van der Waals surface area contributed by atoms with E-state index in [-0.39, 0.29) is 11.0 Å². The fraction of sp³-hybridized carbons (Fsp3) is 1.00. The van der Waals surface area contributed by atoms with Crippen molar-refractivity contribution in [2.75, 3.05) is 0 Å². The van der Waals surface area contributed by atoms with E-state index in [0.717, 1.165) is 23.7 Å². The Balaban J connectivity index is 1.90. The highest BCUT2D eigenvalue weighted by atomic mass is 35.5. The average molecular weight is 197 g/mol. The molecule has 1 nitrogen and oxygen atoms in total. The molecule has 1 N–H and O–H groups in total. The predicted molar refractivity (Wildman–Crippen MR) is 48.3 cm³/mol. The van der Waals surface area contributed by atoms with E-state index >= 15 is 0 Å². The maximum Gasteiger partial charge on any atom is 0.0772 e. The van der Waals surface area contributed by atoms with Crippen LogP contribution in [0.3, 0.4) is 0 Å². The fourth-order valence-corrected chi connectivity index (χ4v) is 7.21. The molecule has 2 heteroatoms. The van der Waals surface area contributed by atoms with Crippen LogP contribution in [0.25, 0.3) is 0 Å². The van der Waals surface area contributed by atoms with Gasteiger partial charge < -0.3 is 5.11 Å². The first-order chi connectivity index (χ1) is 6.24. The van der Waals surface area contributed by atoms with Crippen molar-refractivity contribution in [3.05, 3.63) is 0 Å². The lowest BCUT2D eigenvalue weighted by molar-refractivity contribution is 0.121. The van der Waals surface area contributed by atoms with Crippen molar-refractivity contribution in [2.45, 2.75) is 23.8 Å². The zero-order valence-electron chi connectivity index (χ0n) is 7.36. The quantitative estimate of drug-likeness (QED) is 0.582. The Hall–Kier alpha value is 0.250. The maximum absolute atomic E-state index is 10.2. The third kappa shape index (κ3) is 0.379. The van der Waals surface area contributed by atoms with Crippen LogP contribution in [0.5, 0.6) is 0 Å². The molecule has 9 atom stereocenters. The van der Waals surface area contributed by atoms with Gasteiger partial charge in [0, 0.05) is 0 Å². The van der Waals surface area contributed by atoms with Gasteiger partial charge in [0.1, 0.15) is 0 Å². The second-order valence-electron chi connectivity index (χ2n) is 6.02. The normalized spacial score (nSPS) is 85.4. The molecular weight excluding hydrogens is 184 g/mol. The molecule has 0 aromatic rings. The molecule has 0 unspecified atom stereocenters. The van der Waals surface area contributed by atoms with Crippen LogP contribution in [0.15, 0.2) is 0 Å². The number of halogens is 1. The Morgan fingerprint density at radius 3 is 2.69 bits per heavy atom. The van der Waals surface area contributed by atoms with Crippen LogP contribution in [0.2, 0.25) is 0 Å². The molecule has 6 fully saturated rings. The Bertz CT molecular complexity index is 326. The second kappa shape index (κ2) is 1.49. The van der Waals surface area contributed by atoms with E-state index in [2.05, 4.69) is 0 Å². The standard InChI is InChI=1S/C11H13ClO/c12-11-6-2-4-3-1-5(9(4)11)8(7(3)6)10(11)13/h3-10,13H,1-2H2/t3-,4+,5+,6-,7+,8-,9-,10+,11+/m0/s1. The van der Waals surface area contributed by atoms with Crippen molar-refractivity contribution in [2.24, 2.45) is 41.4 Å². The lowest BCUT2D eigenvalue weighted by Crippen LogP contribution is -2.41. The van der Waals surface area contributed by atoms with Gasteiger partial charge in [0.05, 0.1) is 11.0 Å². The van der Waals surface area contributed by atoms with Gasteiger partial charge in [-0.1, -0.05) is 0 Å².